The van der Waals surface area contributed by atoms with Gasteiger partial charge in [-0.2, -0.15) is 13.2 Å². The molecule has 3 heterocycles. The summed E-state index contributed by atoms with van der Waals surface area (Å²) in [5.74, 6) is -0.0863. The number of fused-ring (bicyclic) bond motifs is 1. The number of nitrogens with one attached hydrogen (secondary N) is 1. The van der Waals surface area contributed by atoms with Crippen LogP contribution in [0.4, 0.5) is 24.8 Å². The van der Waals surface area contributed by atoms with E-state index in [2.05, 4.69) is 36.2 Å². The van der Waals surface area contributed by atoms with Crippen LogP contribution in [0.25, 0.3) is 10.6 Å². The van der Waals surface area contributed by atoms with Crippen molar-refractivity contribution < 1.29 is 27.8 Å². The Morgan fingerprint density at radius 2 is 2.00 bits per heavy atom. The van der Waals surface area contributed by atoms with E-state index < -0.39 is 23.3 Å². The van der Waals surface area contributed by atoms with Gasteiger partial charge in [0.05, 0.1) is 28.3 Å². The second kappa shape index (κ2) is 10.9. The van der Waals surface area contributed by atoms with Gasteiger partial charge in [0.1, 0.15) is 22.2 Å². The van der Waals surface area contributed by atoms with Crippen LogP contribution in [0.3, 0.4) is 0 Å². The summed E-state index contributed by atoms with van der Waals surface area (Å²) in [6.07, 6.45) is 0.0814. The Labute approximate surface area is 240 Å². The number of halogens is 4. The Morgan fingerprint density at radius 3 is 2.75 bits per heavy atom. The molecule has 7 nitrogen and oxygen atoms in total. The van der Waals surface area contributed by atoms with Crippen molar-refractivity contribution >= 4 is 44.9 Å². The molecule has 0 unspecified atom stereocenters. The van der Waals surface area contributed by atoms with Gasteiger partial charge in [-0.25, -0.2) is 19.7 Å². The van der Waals surface area contributed by atoms with Crippen molar-refractivity contribution in [3.63, 3.8) is 0 Å². The minimum absolute atomic E-state index is 0.0183. The molecule has 2 N–H and O–H groups in total. The van der Waals surface area contributed by atoms with Crippen molar-refractivity contribution in [2.24, 2.45) is 0 Å². The van der Waals surface area contributed by atoms with E-state index in [0.29, 0.717) is 56.3 Å². The number of carbonyl (C=O) groups is 1. The van der Waals surface area contributed by atoms with E-state index in [-0.39, 0.29) is 12.4 Å². The predicted octanol–water partition coefficient (Wildman–Crippen LogP) is 7.18. The summed E-state index contributed by atoms with van der Waals surface area (Å²) in [7, 11) is 0. The molecule has 5 rings (SSSR count). The van der Waals surface area contributed by atoms with Crippen molar-refractivity contribution in [1.82, 2.24) is 15.0 Å². The molecule has 0 amide bonds. The number of aliphatic hydroxyl groups is 1. The van der Waals surface area contributed by atoms with E-state index in [4.69, 9.17) is 4.74 Å². The van der Waals surface area contributed by atoms with Crippen molar-refractivity contribution in [1.29, 1.82) is 0 Å². The molecule has 0 aliphatic heterocycles. The molecule has 1 aliphatic rings. The van der Waals surface area contributed by atoms with Crippen LogP contribution in [0.2, 0.25) is 0 Å². The molecule has 0 saturated heterocycles. The lowest BCUT2D eigenvalue weighted by Crippen LogP contribution is -2.32. The molecule has 0 spiro atoms. The largest absolute Gasteiger partial charge is 0.462 e. The average Bonchev–Trinajstić information content (AvgIpc) is 3.40. The number of ether oxygens (including phenoxy) is 1. The zero-order valence-corrected chi connectivity index (χ0v) is 23.9. The monoisotopic (exact) mass is 632 g/mol. The molecule has 0 radical (unpaired) electrons. The normalized spacial score (nSPS) is 16.9. The lowest BCUT2D eigenvalue weighted by Gasteiger charge is -2.33. The van der Waals surface area contributed by atoms with E-state index in [9.17, 15) is 23.1 Å². The van der Waals surface area contributed by atoms with Crippen LogP contribution in [0.5, 0.6) is 0 Å². The second-order valence-electron chi connectivity index (χ2n) is 9.42. The summed E-state index contributed by atoms with van der Waals surface area (Å²) in [4.78, 5) is 26.2. The third kappa shape index (κ3) is 5.61. The van der Waals surface area contributed by atoms with Gasteiger partial charge < -0.3 is 15.2 Å². The van der Waals surface area contributed by atoms with Crippen molar-refractivity contribution in [2.75, 3.05) is 11.9 Å². The van der Waals surface area contributed by atoms with Crippen LogP contribution in [0.1, 0.15) is 57.4 Å². The van der Waals surface area contributed by atoms with Gasteiger partial charge >= 0.3 is 12.1 Å². The van der Waals surface area contributed by atoms with Crippen LogP contribution in [-0.2, 0) is 22.9 Å². The van der Waals surface area contributed by atoms with Crippen LogP contribution >= 0.6 is 27.3 Å². The number of alkyl halides is 3. The van der Waals surface area contributed by atoms with E-state index >= 15 is 0 Å². The topological polar surface area (TPSA) is 97.2 Å². The first-order valence-corrected chi connectivity index (χ1v) is 14.1. The summed E-state index contributed by atoms with van der Waals surface area (Å²) < 4.78 is 45.1. The highest BCUT2D eigenvalue weighted by atomic mass is 79.9. The second-order valence-corrected chi connectivity index (χ2v) is 11.3. The van der Waals surface area contributed by atoms with Gasteiger partial charge in [-0.05, 0) is 102 Å². The number of carbonyl (C=O) groups excluding carboxylic acids is 1. The Hall–Kier alpha value is -3.35. The molecule has 0 fully saturated rings. The summed E-state index contributed by atoms with van der Waals surface area (Å²) in [5, 5.41) is 15.2. The molecule has 4 aromatic rings. The van der Waals surface area contributed by atoms with E-state index in [0.717, 1.165) is 29.5 Å². The number of thiazole rings is 1. The highest BCUT2D eigenvalue weighted by Crippen LogP contribution is 2.45. The maximum Gasteiger partial charge on any atom is 0.416 e. The standard InChI is InChI=1S/C28H24BrF3N4O3S/c1-3-39-25(37)18-11-16-5-4-7-27(38,19(16)13-20(18)29)26-34-14-22(40-26)21-9-15(2)10-24(35-21)36-23-12-17(6-8-33-23)28(30,31)32/h6,8-14,38H,3-5,7H2,1-2H3,(H,33,35,36)/t27-/m1/s1. The van der Waals surface area contributed by atoms with E-state index in [1.807, 2.05) is 13.0 Å². The molecular weight excluding hydrogens is 609 g/mol. The van der Waals surface area contributed by atoms with Crippen LogP contribution < -0.4 is 5.32 Å². The number of rotatable bonds is 6. The molecule has 208 valence electrons. The summed E-state index contributed by atoms with van der Waals surface area (Å²) in [5.41, 5.74) is 1.14. The Kier molecular flexibility index (Phi) is 7.68. The highest BCUT2D eigenvalue weighted by molar-refractivity contribution is 9.10. The molecule has 1 atom stereocenters. The highest BCUT2D eigenvalue weighted by Gasteiger charge is 2.40. The van der Waals surface area contributed by atoms with Gasteiger partial charge in [-0.15, -0.1) is 11.3 Å². The smallest absolute Gasteiger partial charge is 0.416 e. The van der Waals surface area contributed by atoms with Gasteiger partial charge in [-0.3, -0.25) is 0 Å². The summed E-state index contributed by atoms with van der Waals surface area (Å²) >= 11 is 4.74. The number of esters is 1. The molecule has 12 heteroatoms. The fourth-order valence-corrected chi connectivity index (χ4v) is 6.23. The van der Waals surface area contributed by atoms with Gasteiger partial charge in [0, 0.05) is 16.9 Å². The summed E-state index contributed by atoms with van der Waals surface area (Å²) in [6, 6.07) is 8.90. The SMILES string of the molecule is CCOC(=O)c1cc2c(cc1Br)[C@@](O)(c1ncc(-c3cc(C)cc(Nc4cc(C(F)(F)F)ccn4)n3)s1)CCC2. The van der Waals surface area contributed by atoms with Gasteiger partial charge in [-0.1, -0.05) is 0 Å². The third-order valence-corrected chi connectivity index (χ3v) is 8.37. The fourth-order valence-electron chi connectivity index (χ4n) is 4.71. The number of aryl methyl sites for hydroxylation is 2. The van der Waals surface area contributed by atoms with Crippen LogP contribution in [0.15, 0.2) is 53.3 Å². The Bertz CT molecular complexity index is 1590. The minimum atomic E-state index is -4.49. The zero-order valence-electron chi connectivity index (χ0n) is 21.5. The number of hydrogen-bond donors (Lipinski definition) is 2. The zero-order chi connectivity index (χ0) is 28.7. The van der Waals surface area contributed by atoms with Crippen LogP contribution in [0, 0.1) is 6.92 Å². The average molecular weight is 633 g/mol. The lowest BCUT2D eigenvalue weighted by molar-refractivity contribution is -0.137. The van der Waals surface area contributed by atoms with Crippen molar-refractivity contribution in [3.8, 4) is 10.6 Å². The van der Waals surface area contributed by atoms with Crippen molar-refractivity contribution in [2.45, 2.75) is 44.9 Å². The third-order valence-electron chi connectivity index (χ3n) is 6.54. The molecule has 0 saturated carbocycles. The van der Waals surface area contributed by atoms with Gasteiger partial charge in [0.2, 0.25) is 0 Å². The number of benzene rings is 1. The maximum absolute atomic E-state index is 13.1. The van der Waals surface area contributed by atoms with E-state index in [1.54, 1.807) is 31.3 Å². The first kappa shape index (κ1) is 28.2. The molecule has 0 bridgehead atoms. The van der Waals surface area contributed by atoms with Gasteiger partial charge in [0.15, 0.2) is 0 Å². The first-order valence-electron chi connectivity index (χ1n) is 12.5. The molecule has 40 heavy (non-hydrogen) atoms. The lowest BCUT2D eigenvalue weighted by atomic mass is 9.79. The van der Waals surface area contributed by atoms with E-state index in [1.165, 1.54) is 11.3 Å². The molecule has 3 aromatic heterocycles. The number of aromatic nitrogens is 3. The number of hydrogen-bond acceptors (Lipinski definition) is 8. The first-order chi connectivity index (χ1) is 19.0. The summed E-state index contributed by atoms with van der Waals surface area (Å²) in [6.45, 7) is 3.85. The molecular formula is C28H24BrF3N4O3S. The minimum Gasteiger partial charge on any atom is -0.462 e. The fraction of sp³-hybridized carbons (Fsp3) is 0.286. The number of anilines is 2. The quantitative estimate of drug-likeness (QED) is 0.217. The molecule has 1 aliphatic carbocycles. The molecule has 1 aromatic carbocycles. The number of nitrogens with zero attached hydrogens (tertiary/aromatic N) is 3. The Balaban J connectivity index is 1.46. The maximum atomic E-state index is 13.1. The number of pyridine rings is 2. The van der Waals surface area contributed by atoms with Crippen molar-refractivity contribution in [3.05, 3.63) is 86.1 Å². The van der Waals surface area contributed by atoms with Gasteiger partial charge in [0.25, 0.3) is 0 Å². The Morgan fingerprint density at radius 1 is 1.20 bits per heavy atom. The predicted molar refractivity (Wildman–Crippen MR) is 149 cm³/mol. The van der Waals surface area contributed by atoms with Crippen LogP contribution in [-0.4, -0.2) is 32.6 Å².